The molecule has 0 spiro atoms. The summed E-state index contributed by atoms with van der Waals surface area (Å²) in [6.07, 6.45) is 1.67. The molecule has 0 aromatic carbocycles. The van der Waals surface area contributed by atoms with Gasteiger partial charge in [-0.3, -0.25) is 4.40 Å². The summed E-state index contributed by atoms with van der Waals surface area (Å²) in [5, 5.41) is 0. The highest BCUT2D eigenvalue weighted by Crippen LogP contribution is 2.06. The highest BCUT2D eigenvalue weighted by atomic mass is 19.1. The van der Waals surface area contributed by atoms with Crippen LogP contribution in [0.25, 0.3) is 5.65 Å². The number of rotatable bonds is 0. The van der Waals surface area contributed by atoms with E-state index in [-0.39, 0.29) is 5.95 Å². The van der Waals surface area contributed by atoms with Crippen LogP contribution < -0.4 is 0 Å². The second-order valence-corrected chi connectivity index (χ2v) is 2.46. The first-order chi connectivity index (χ1) is 5.27. The number of imidazole rings is 1. The number of nitrogens with zero attached hydrogens (tertiary/aromatic N) is 2. The molecule has 2 nitrogen and oxygen atoms in total. The van der Waals surface area contributed by atoms with E-state index in [0.717, 1.165) is 5.69 Å². The second kappa shape index (κ2) is 2.05. The van der Waals surface area contributed by atoms with Crippen LogP contribution in [-0.4, -0.2) is 9.38 Å². The van der Waals surface area contributed by atoms with Gasteiger partial charge in [0.2, 0.25) is 0 Å². The Bertz CT molecular complexity index is 392. The number of hydrogen-bond donors (Lipinski definition) is 0. The van der Waals surface area contributed by atoms with E-state index < -0.39 is 0 Å². The molecule has 0 N–H and O–H groups in total. The molecule has 3 heteroatoms. The minimum absolute atomic E-state index is 0.275. The van der Waals surface area contributed by atoms with E-state index in [1.165, 1.54) is 10.5 Å². The van der Waals surface area contributed by atoms with Gasteiger partial charge in [-0.05, 0) is 19.1 Å². The third-order valence-electron chi connectivity index (χ3n) is 1.56. The van der Waals surface area contributed by atoms with Crippen molar-refractivity contribution in [1.29, 1.82) is 0 Å². The van der Waals surface area contributed by atoms with Gasteiger partial charge in [0.25, 0.3) is 0 Å². The molecule has 0 radical (unpaired) electrons. The van der Waals surface area contributed by atoms with Crippen molar-refractivity contribution < 1.29 is 4.39 Å². The third-order valence-corrected chi connectivity index (χ3v) is 1.56. The van der Waals surface area contributed by atoms with Crippen LogP contribution in [0.15, 0.2) is 24.4 Å². The number of halogens is 1. The van der Waals surface area contributed by atoms with Crippen molar-refractivity contribution in [3.8, 4) is 0 Å². The number of hydrogen-bond acceptors (Lipinski definition) is 1. The highest BCUT2D eigenvalue weighted by molar-refractivity contribution is 5.39. The van der Waals surface area contributed by atoms with Crippen LogP contribution in [0, 0.1) is 12.9 Å². The van der Waals surface area contributed by atoms with Crippen molar-refractivity contribution in [2.75, 3.05) is 0 Å². The molecule has 0 aliphatic heterocycles. The number of aromatic nitrogens is 2. The largest absolute Gasteiger partial charge is 0.276 e. The maximum Gasteiger partial charge on any atom is 0.199 e. The van der Waals surface area contributed by atoms with Crippen LogP contribution in [0.4, 0.5) is 4.39 Å². The molecular weight excluding hydrogens is 143 g/mol. The predicted octanol–water partition coefficient (Wildman–Crippen LogP) is 1.78. The maximum atomic E-state index is 12.9. The van der Waals surface area contributed by atoms with Gasteiger partial charge in [-0.15, -0.1) is 0 Å². The molecule has 56 valence electrons. The van der Waals surface area contributed by atoms with Gasteiger partial charge in [0, 0.05) is 6.20 Å². The van der Waals surface area contributed by atoms with Gasteiger partial charge in [-0.25, -0.2) is 4.98 Å². The van der Waals surface area contributed by atoms with E-state index in [2.05, 4.69) is 4.98 Å². The summed E-state index contributed by atoms with van der Waals surface area (Å²) in [6, 6.07) is 4.83. The van der Waals surface area contributed by atoms with E-state index >= 15 is 0 Å². The van der Waals surface area contributed by atoms with Crippen molar-refractivity contribution in [1.82, 2.24) is 9.38 Å². The fourth-order valence-corrected chi connectivity index (χ4v) is 1.10. The fourth-order valence-electron chi connectivity index (χ4n) is 1.10. The summed E-state index contributed by atoms with van der Waals surface area (Å²) in [4.78, 5) is 4.10. The van der Waals surface area contributed by atoms with Crippen molar-refractivity contribution in [2.24, 2.45) is 0 Å². The van der Waals surface area contributed by atoms with Crippen molar-refractivity contribution in [3.63, 3.8) is 0 Å². The Morgan fingerprint density at radius 2 is 2.27 bits per heavy atom. The van der Waals surface area contributed by atoms with Crippen LogP contribution in [-0.2, 0) is 0 Å². The average molecular weight is 150 g/mol. The molecule has 0 bridgehead atoms. The van der Waals surface area contributed by atoms with Crippen molar-refractivity contribution in [3.05, 3.63) is 36.0 Å². The average Bonchev–Trinajstić information content (AvgIpc) is 2.31. The van der Waals surface area contributed by atoms with Crippen LogP contribution in [0.3, 0.4) is 0 Å². The lowest BCUT2D eigenvalue weighted by atomic mass is 10.5. The third kappa shape index (κ3) is 0.888. The van der Waals surface area contributed by atoms with E-state index in [1.807, 2.05) is 6.92 Å². The Kier molecular flexibility index (Phi) is 1.18. The van der Waals surface area contributed by atoms with Crippen molar-refractivity contribution in [2.45, 2.75) is 6.92 Å². The quantitative estimate of drug-likeness (QED) is 0.523. The molecule has 2 rings (SSSR count). The van der Waals surface area contributed by atoms with Gasteiger partial charge in [-0.1, -0.05) is 6.07 Å². The summed E-state index contributed by atoms with van der Waals surface area (Å²) < 4.78 is 14.3. The Morgan fingerprint density at radius 1 is 1.45 bits per heavy atom. The lowest BCUT2D eigenvalue weighted by Crippen LogP contribution is -1.88. The maximum absolute atomic E-state index is 12.9. The second-order valence-electron chi connectivity index (χ2n) is 2.46. The molecule has 2 aromatic rings. The lowest BCUT2D eigenvalue weighted by molar-refractivity contribution is 0.567. The minimum Gasteiger partial charge on any atom is -0.276 e. The van der Waals surface area contributed by atoms with Gasteiger partial charge < -0.3 is 0 Å². The lowest BCUT2D eigenvalue weighted by Gasteiger charge is -1.91. The number of pyridine rings is 1. The molecule has 0 fully saturated rings. The minimum atomic E-state index is -0.275. The molecule has 0 atom stereocenters. The Labute approximate surface area is 63.3 Å². The Balaban J connectivity index is 2.90. The summed E-state index contributed by atoms with van der Waals surface area (Å²) in [7, 11) is 0. The summed E-state index contributed by atoms with van der Waals surface area (Å²) in [5.41, 5.74) is 1.48. The summed E-state index contributed by atoms with van der Waals surface area (Å²) >= 11 is 0. The van der Waals surface area contributed by atoms with E-state index in [9.17, 15) is 4.39 Å². The standard InChI is InChI=1S/C8H7FN2/c1-6-5-11-7(9)3-2-4-8(11)10-6/h2-5H,1H3. The molecule has 0 saturated carbocycles. The zero-order chi connectivity index (χ0) is 7.84. The molecule has 0 aliphatic rings. The molecule has 0 unspecified atom stereocenters. The van der Waals surface area contributed by atoms with Crippen LogP contribution in [0.5, 0.6) is 0 Å². The molecule has 2 aromatic heterocycles. The van der Waals surface area contributed by atoms with E-state index in [1.54, 1.807) is 18.3 Å². The monoisotopic (exact) mass is 150 g/mol. The van der Waals surface area contributed by atoms with E-state index in [4.69, 9.17) is 0 Å². The van der Waals surface area contributed by atoms with Gasteiger partial charge in [-0.2, -0.15) is 4.39 Å². The number of aryl methyl sites for hydroxylation is 1. The van der Waals surface area contributed by atoms with E-state index in [0.29, 0.717) is 5.65 Å². The first-order valence-corrected chi connectivity index (χ1v) is 3.37. The van der Waals surface area contributed by atoms with Crippen LogP contribution >= 0.6 is 0 Å². The SMILES string of the molecule is Cc1cn2c(F)cccc2n1. The highest BCUT2D eigenvalue weighted by Gasteiger charge is 1.99. The summed E-state index contributed by atoms with van der Waals surface area (Å²) in [6.45, 7) is 1.84. The zero-order valence-electron chi connectivity index (χ0n) is 6.08. The number of fused-ring (bicyclic) bond motifs is 1. The first-order valence-electron chi connectivity index (χ1n) is 3.37. The van der Waals surface area contributed by atoms with Gasteiger partial charge in [0.05, 0.1) is 5.69 Å². The molecule has 0 amide bonds. The molecule has 0 aliphatic carbocycles. The molecule has 2 heterocycles. The van der Waals surface area contributed by atoms with Crippen LogP contribution in [0.2, 0.25) is 0 Å². The zero-order valence-corrected chi connectivity index (χ0v) is 6.08. The fraction of sp³-hybridized carbons (Fsp3) is 0.125. The smallest absolute Gasteiger partial charge is 0.199 e. The first kappa shape index (κ1) is 6.34. The topological polar surface area (TPSA) is 17.3 Å². The molecule has 0 saturated heterocycles. The summed E-state index contributed by atoms with van der Waals surface area (Å²) in [5.74, 6) is -0.275. The molecular formula is C8H7FN2. The Morgan fingerprint density at radius 3 is 3.00 bits per heavy atom. The molecule has 11 heavy (non-hydrogen) atoms. The van der Waals surface area contributed by atoms with Gasteiger partial charge in [0.1, 0.15) is 5.65 Å². The van der Waals surface area contributed by atoms with Gasteiger partial charge in [0.15, 0.2) is 5.95 Å². The Hall–Kier alpha value is -1.38. The normalized spacial score (nSPS) is 10.7. The predicted molar refractivity (Wildman–Crippen MR) is 39.9 cm³/mol. The van der Waals surface area contributed by atoms with Crippen molar-refractivity contribution >= 4 is 5.65 Å². The van der Waals surface area contributed by atoms with Crippen LogP contribution in [0.1, 0.15) is 5.69 Å². The van der Waals surface area contributed by atoms with Gasteiger partial charge >= 0.3 is 0 Å².